The van der Waals surface area contributed by atoms with Gasteiger partial charge in [0.2, 0.25) is 0 Å². The van der Waals surface area contributed by atoms with Gasteiger partial charge in [-0.1, -0.05) is 6.92 Å². The molecule has 0 atom stereocenters. The number of aryl methyl sites for hydroxylation is 2. The van der Waals surface area contributed by atoms with Crippen molar-refractivity contribution in [2.45, 2.75) is 18.2 Å². The second-order valence-corrected chi connectivity index (χ2v) is 6.82. The fourth-order valence-electron chi connectivity index (χ4n) is 1.81. The first-order valence-corrected chi connectivity index (χ1v) is 8.21. The summed E-state index contributed by atoms with van der Waals surface area (Å²) in [6.07, 6.45) is 2.27. The van der Waals surface area contributed by atoms with Crippen molar-refractivity contribution in [2.24, 2.45) is 7.05 Å². The zero-order valence-electron chi connectivity index (χ0n) is 11.1. The van der Waals surface area contributed by atoms with Gasteiger partial charge < -0.3 is 5.73 Å². The van der Waals surface area contributed by atoms with Crippen molar-refractivity contribution in [1.29, 1.82) is 0 Å². The number of hydrogen-bond donors (Lipinski definition) is 2. The first kappa shape index (κ1) is 14.9. The van der Waals surface area contributed by atoms with E-state index in [1.165, 1.54) is 6.07 Å². The van der Waals surface area contributed by atoms with Gasteiger partial charge >= 0.3 is 0 Å². The van der Waals surface area contributed by atoms with E-state index in [0.717, 1.165) is 0 Å². The summed E-state index contributed by atoms with van der Waals surface area (Å²) in [7, 11) is -1.97. The monoisotopic (exact) mass is 358 g/mol. The highest BCUT2D eigenvalue weighted by Gasteiger charge is 2.20. The molecule has 2 aromatic rings. The van der Waals surface area contributed by atoms with Gasteiger partial charge in [-0.25, -0.2) is 8.42 Å². The summed E-state index contributed by atoms with van der Waals surface area (Å²) in [5, 5.41) is 4.20. The van der Waals surface area contributed by atoms with E-state index in [-0.39, 0.29) is 4.90 Å². The van der Waals surface area contributed by atoms with Crippen molar-refractivity contribution in [2.75, 3.05) is 10.5 Å². The van der Waals surface area contributed by atoms with E-state index < -0.39 is 10.0 Å². The summed E-state index contributed by atoms with van der Waals surface area (Å²) in [6, 6.07) is 4.65. The molecule has 2 rings (SSSR count). The van der Waals surface area contributed by atoms with Crippen LogP contribution in [0.25, 0.3) is 0 Å². The van der Waals surface area contributed by atoms with Gasteiger partial charge in [-0.3, -0.25) is 9.40 Å². The second kappa shape index (κ2) is 5.45. The van der Waals surface area contributed by atoms with Crippen molar-refractivity contribution in [3.63, 3.8) is 0 Å². The van der Waals surface area contributed by atoms with Gasteiger partial charge in [0.1, 0.15) is 4.90 Å². The minimum atomic E-state index is -3.72. The molecule has 3 N–H and O–H groups in total. The number of benzene rings is 1. The molecule has 1 aromatic carbocycles. The fourth-order valence-corrected chi connectivity index (χ4v) is 3.88. The molecule has 0 spiro atoms. The number of nitrogens with zero attached hydrogens (tertiary/aromatic N) is 2. The van der Waals surface area contributed by atoms with Crippen LogP contribution < -0.4 is 10.5 Å². The highest BCUT2D eigenvalue weighted by atomic mass is 79.9. The summed E-state index contributed by atoms with van der Waals surface area (Å²) in [5.41, 5.74) is 7.20. The van der Waals surface area contributed by atoms with Gasteiger partial charge in [-0.05, 0) is 40.5 Å². The molecule has 0 saturated carbocycles. The number of halogens is 1. The molecule has 0 aliphatic carbocycles. The summed E-state index contributed by atoms with van der Waals surface area (Å²) in [5.74, 6) is 0. The van der Waals surface area contributed by atoms with E-state index in [4.69, 9.17) is 5.73 Å². The molecule has 0 amide bonds. The lowest BCUT2D eigenvalue weighted by Crippen LogP contribution is -2.14. The van der Waals surface area contributed by atoms with Crippen molar-refractivity contribution < 1.29 is 8.42 Å². The van der Waals surface area contributed by atoms with Crippen molar-refractivity contribution in [1.82, 2.24) is 9.78 Å². The molecule has 8 heteroatoms. The van der Waals surface area contributed by atoms with Gasteiger partial charge in [0.25, 0.3) is 10.0 Å². The minimum Gasteiger partial charge on any atom is -0.399 e. The molecule has 0 aliphatic rings. The number of rotatable bonds is 4. The quantitative estimate of drug-likeness (QED) is 0.819. The molecular weight excluding hydrogens is 344 g/mol. The maximum absolute atomic E-state index is 12.4. The minimum absolute atomic E-state index is 0.100. The van der Waals surface area contributed by atoms with E-state index in [0.29, 0.717) is 28.0 Å². The van der Waals surface area contributed by atoms with Crippen LogP contribution in [0.5, 0.6) is 0 Å². The third kappa shape index (κ3) is 2.96. The Morgan fingerprint density at radius 2 is 2.15 bits per heavy atom. The molecule has 108 valence electrons. The number of nitrogens with two attached hydrogens (primary N) is 1. The molecule has 0 fully saturated rings. The Morgan fingerprint density at radius 3 is 2.80 bits per heavy atom. The Bertz CT molecular complexity index is 740. The molecule has 6 nitrogen and oxygen atoms in total. The van der Waals surface area contributed by atoms with Crippen LogP contribution in [0, 0.1) is 0 Å². The van der Waals surface area contributed by atoms with Gasteiger partial charge in [-0.15, -0.1) is 0 Å². The molecule has 1 heterocycles. The van der Waals surface area contributed by atoms with Crippen LogP contribution in [0.4, 0.5) is 11.4 Å². The number of nitrogen functional groups attached to an aromatic ring is 1. The lowest BCUT2D eigenvalue weighted by molar-refractivity contribution is 0.600. The first-order valence-electron chi connectivity index (χ1n) is 5.94. The molecule has 0 aliphatic heterocycles. The Hall–Kier alpha value is -1.54. The van der Waals surface area contributed by atoms with E-state index >= 15 is 0 Å². The number of hydrogen-bond acceptors (Lipinski definition) is 4. The predicted octanol–water partition coefficient (Wildman–Crippen LogP) is 2.13. The van der Waals surface area contributed by atoms with Gasteiger partial charge in [0.05, 0.1) is 11.4 Å². The number of aromatic nitrogens is 2. The van der Waals surface area contributed by atoms with Crippen molar-refractivity contribution in [3.05, 3.63) is 34.6 Å². The fraction of sp³-hybridized carbons (Fsp3) is 0.250. The normalized spacial score (nSPS) is 11.6. The molecule has 0 radical (unpaired) electrons. The summed E-state index contributed by atoms with van der Waals surface area (Å²) in [6.45, 7) is 1.91. The smallest absolute Gasteiger partial charge is 0.263 e. The van der Waals surface area contributed by atoms with Crippen LogP contribution in [-0.2, 0) is 23.5 Å². The summed E-state index contributed by atoms with van der Waals surface area (Å²) in [4.78, 5) is 0.100. The SMILES string of the molecule is CCc1nn(C)cc1NS(=O)(=O)c1cc(N)ccc1Br. The third-order valence-electron chi connectivity index (χ3n) is 2.73. The molecule has 1 aromatic heterocycles. The van der Waals surface area contributed by atoms with Crippen molar-refractivity contribution in [3.8, 4) is 0 Å². The molecule has 0 unspecified atom stereocenters. The zero-order valence-corrected chi connectivity index (χ0v) is 13.5. The van der Waals surface area contributed by atoms with Crippen LogP contribution in [0.1, 0.15) is 12.6 Å². The van der Waals surface area contributed by atoms with Crippen LogP contribution in [0.3, 0.4) is 0 Å². The largest absolute Gasteiger partial charge is 0.399 e. The molecule has 20 heavy (non-hydrogen) atoms. The van der Waals surface area contributed by atoms with Crippen LogP contribution in [0.2, 0.25) is 0 Å². The van der Waals surface area contributed by atoms with Gasteiger partial charge in [0.15, 0.2) is 0 Å². The van der Waals surface area contributed by atoms with Crippen LogP contribution >= 0.6 is 15.9 Å². The van der Waals surface area contributed by atoms with E-state index in [1.54, 1.807) is 30.1 Å². The molecule has 0 saturated heterocycles. The van der Waals surface area contributed by atoms with Crippen molar-refractivity contribution >= 4 is 37.3 Å². The van der Waals surface area contributed by atoms with E-state index in [1.807, 2.05) is 6.92 Å². The van der Waals surface area contributed by atoms with Gasteiger partial charge in [0, 0.05) is 23.4 Å². The van der Waals surface area contributed by atoms with Crippen LogP contribution in [0.15, 0.2) is 33.8 Å². The third-order valence-corrected chi connectivity index (χ3v) is 5.09. The Labute approximate surface area is 126 Å². The van der Waals surface area contributed by atoms with Gasteiger partial charge in [-0.2, -0.15) is 5.10 Å². The standard InChI is InChI=1S/C12H15BrN4O2S/c1-3-10-11(7-17(2)15-10)16-20(18,19)12-6-8(14)4-5-9(12)13/h4-7,16H,3,14H2,1-2H3. The maximum atomic E-state index is 12.4. The number of nitrogens with one attached hydrogen (secondary N) is 1. The highest BCUT2D eigenvalue weighted by Crippen LogP contribution is 2.27. The Morgan fingerprint density at radius 1 is 1.45 bits per heavy atom. The maximum Gasteiger partial charge on any atom is 0.263 e. The lowest BCUT2D eigenvalue weighted by atomic mass is 10.3. The average Bonchev–Trinajstić information content (AvgIpc) is 2.71. The van der Waals surface area contributed by atoms with E-state index in [9.17, 15) is 8.42 Å². The Balaban J connectivity index is 2.43. The molecular formula is C12H15BrN4O2S. The lowest BCUT2D eigenvalue weighted by Gasteiger charge is -2.09. The number of sulfonamides is 1. The Kier molecular flexibility index (Phi) is 4.05. The zero-order chi connectivity index (χ0) is 14.9. The summed E-state index contributed by atoms with van der Waals surface area (Å²) < 4.78 is 29.4. The average molecular weight is 359 g/mol. The topological polar surface area (TPSA) is 90.0 Å². The van der Waals surface area contributed by atoms with E-state index in [2.05, 4.69) is 25.8 Å². The predicted molar refractivity (Wildman–Crippen MR) is 81.9 cm³/mol. The highest BCUT2D eigenvalue weighted by molar-refractivity contribution is 9.10. The van der Waals surface area contributed by atoms with Crippen LogP contribution in [-0.4, -0.2) is 18.2 Å². The first-order chi connectivity index (χ1) is 9.33. The molecule has 0 bridgehead atoms. The second-order valence-electron chi connectivity index (χ2n) is 4.31. The number of anilines is 2. The summed E-state index contributed by atoms with van der Waals surface area (Å²) >= 11 is 3.22.